The minimum atomic E-state index is -0.221. The molecule has 1 aliphatic rings. The highest BCUT2D eigenvalue weighted by Gasteiger charge is 2.03. The van der Waals surface area contributed by atoms with Crippen LogP contribution in [0.3, 0.4) is 0 Å². The smallest absolute Gasteiger partial charge is 0.332 e. The maximum atomic E-state index is 10.7. The van der Waals surface area contributed by atoms with E-state index in [-0.39, 0.29) is 5.97 Å². The molecule has 0 atom stereocenters. The van der Waals surface area contributed by atoms with Crippen molar-refractivity contribution in [3.63, 3.8) is 0 Å². The van der Waals surface area contributed by atoms with Gasteiger partial charge in [0.05, 0.1) is 0 Å². The third-order valence-electron chi connectivity index (χ3n) is 1.27. The van der Waals surface area contributed by atoms with Gasteiger partial charge in [0.2, 0.25) is 0 Å². The molecule has 0 bridgehead atoms. The lowest BCUT2D eigenvalue weighted by atomic mass is 10.3. The average Bonchev–Trinajstić information content (AvgIpc) is 2.06. The van der Waals surface area contributed by atoms with E-state index in [0.717, 1.165) is 6.42 Å². The summed E-state index contributed by atoms with van der Waals surface area (Å²) >= 11 is 0. The molecule has 0 amide bonds. The first-order valence-corrected chi connectivity index (χ1v) is 3.65. The lowest BCUT2D eigenvalue weighted by molar-refractivity contribution is -0.169. The van der Waals surface area contributed by atoms with Gasteiger partial charge < -0.3 is 4.84 Å². The highest BCUT2D eigenvalue weighted by Crippen LogP contribution is 2.03. The molecule has 1 aliphatic heterocycles. The van der Waals surface area contributed by atoms with Gasteiger partial charge in [-0.05, 0) is 6.42 Å². The molecule has 1 rings (SSSR count). The van der Waals surface area contributed by atoms with Crippen molar-refractivity contribution >= 4 is 5.97 Å². The van der Waals surface area contributed by atoms with E-state index < -0.39 is 0 Å². The van der Waals surface area contributed by atoms with E-state index in [4.69, 9.17) is 4.84 Å². The first-order chi connectivity index (χ1) is 5.33. The third kappa shape index (κ3) is 2.45. The summed E-state index contributed by atoms with van der Waals surface area (Å²) in [7, 11) is 0. The van der Waals surface area contributed by atoms with Gasteiger partial charge in [0.25, 0.3) is 0 Å². The summed E-state index contributed by atoms with van der Waals surface area (Å²) in [5, 5.41) is 1.41. The van der Waals surface area contributed by atoms with Crippen LogP contribution in [0, 0.1) is 0 Å². The van der Waals surface area contributed by atoms with Gasteiger partial charge in [0.1, 0.15) is 0 Å². The molecule has 0 aromatic rings. The van der Waals surface area contributed by atoms with E-state index in [1.54, 1.807) is 19.3 Å². The molecule has 0 saturated carbocycles. The number of carbonyl (C=O) groups is 1. The Bertz CT molecular complexity index is 184. The fourth-order valence-electron chi connectivity index (χ4n) is 0.701. The zero-order valence-corrected chi connectivity index (χ0v) is 6.49. The lowest BCUT2D eigenvalue weighted by Crippen LogP contribution is -2.17. The van der Waals surface area contributed by atoms with Gasteiger partial charge in [-0.3, -0.25) is 0 Å². The van der Waals surface area contributed by atoms with Crippen LogP contribution >= 0.6 is 0 Å². The maximum absolute atomic E-state index is 10.7. The zero-order valence-electron chi connectivity index (χ0n) is 6.49. The van der Waals surface area contributed by atoms with Crippen molar-refractivity contribution in [3.05, 3.63) is 24.6 Å². The second-order valence-corrected chi connectivity index (χ2v) is 2.18. The minimum absolute atomic E-state index is 0.221. The molecular formula is C8H11NO2. The summed E-state index contributed by atoms with van der Waals surface area (Å²) in [4.78, 5) is 15.6. The quantitative estimate of drug-likeness (QED) is 0.603. The number of nitrogens with zero attached hydrogens (tertiary/aromatic N) is 1. The number of hydrogen-bond acceptors (Lipinski definition) is 3. The Balaban J connectivity index is 2.36. The second kappa shape index (κ2) is 3.81. The van der Waals surface area contributed by atoms with Crippen LogP contribution in [0.25, 0.3) is 0 Å². The minimum Gasteiger partial charge on any atom is -0.337 e. The summed E-state index contributed by atoms with van der Waals surface area (Å²) < 4.78 is 0. The maximum Gasteiger partial charge on any atom is 0.332 e. The number of carbonyl (C=O) groups excluding carboxylic acids is 1. The SMILES string of the molecule is CCC(=O)ON1C=CCC=C1. The molecule has 11 heavy (non-hydrogen) atoms. The highest BCUT2D eigenvalue weighted by atomic mass is 16.7. The number of hydrogen-bond donors (Lipinski definition) is 0. The van der Waals surface area contributed by atoms with Crippen molar-refractivity contribution in [2.24, 2.45) is 0 Å². The van der Waals surface area contributed by atoms with Gasteiger partial charge in [-0.15, -0.1) is 0 Å². The molecule has 0 aliphatic carbocycles. The summed E-state index contributed by atoms with van der Waals surface area (Å²) in [5.74, 6) is -0.221. The molecule has 60 valence electrons. The monoisotopic (exact) mass is 153 g/mol. The normalized spacial score (nSPS) is 15.2. The second-order valence-electron chi connectivity index (χ2n) is 2.18. The first kappa shape index (κ1) is 7.85. The van der Waals surface area contributed by atoms with E-state index in [9.17, 15) is 4.79 Å². The standard InChI is InChI=1S/C8H11NO2/c1-2-8(10)11-9-6-4-3-5-7-9/h4-7H,2-3H2,1H3. The van der Waals surface area contributed by atoms with Gasteiger partial charge in [-0.25, -0.2) is 4.79 Å². The van der Waals surface area contributed by atoms with Crippen molar-refractivity contribution < 1.29 is 9.63 Å². The highest BCUT2D eigenvalue weighted by molar-refractivity contribution is 5.68. The van der Waals surface area contributed by atoms with Gasteiger partial charge in [0.15, 0.2) is 0 Å². The summed E-state index contributed by atoms with van der Waals surface area (Å²) in [6.45, 7) is 1.76. The van der Waals surface area contributed by atoms with E-state index >= 15 is 0 Å². The number of hydroxylamine groups is 2. The molecule has 0 aromatic heterocycles. The largest absolute Gasteiger partial charge is 0.337 e. The molecule has 1 heterocycles. The van der Waals surface area contributed by atoms with E-state index in [1.165, 1.54) is 5.06 Å². The molecular weight excluding hydrogens is 142 g/mol. The van der Waals surface area contributed by atoms with Crippen LogP contribution in [0.15, 0.2) is 24.6 Å². The van der Waals surface area contributed by atoms with Crippen molar-refractivity contribution in [2.75, 3.05) is 0 Å². The van der Waals surface area contributed by atoms with Crippen LogP contribution in [0.5, 0.6) is 0 Å². The van der Waals surface area contributed by atoms with Gasteiger partial charge in [-0.1, -0.05) is 19.1 Å². The Morgan fingerprint density at radius 2 is 2.18 bits per heavy atom. The van der Waals surface area contributed by atoms with E-state index in [0.29, 0.717) is 6.42 Å². The van der Waals surface area contributed by atoms with Crippen molar-refractivity contribution in [1.82, 2.24) is 5.06 Å². The van der Waals surface area contributed by atoms with Crippen molar-refractivity contribution in [1.29, 1.82) is 0 Å². The summed E-state index contributed by atoms with van der Waals surface area (Å²) in [5.41, 5.74) is 0. The predicted octanol–water partition coefficient (Wildman–Crippen LogP) is 1.59. The van der Waals surface area contributed by atoms with Crippen molar-refractivity contribution in [2.45, 2.75) is 19.8 Å². The van der Waals surface area contributed by atoms with Crippen molar-refractivity contribution in [3.8, 4) is 0 Å². The molecule has 0 fully saturated rings. The predicted molar refractivity (Wildman–Crippen MR) is 41.1 cm³/mol. The number of rotatable bonds is 2. The molecule has 0 spiro atoms. The van der Waals surface area contributed by atoms with Crippen LogP contribution in [0.4, 0.5) is 0 Å². The zero-order chi connectivity index (χ0) is 8.10. The molecule has 0 radical (unpaired) electrons. The fraction of sp³-hybridized carbons (Fsp3) is 0.375. The third-order valence-corrected chi connectivity index (χ3v) is 1.27. The van der Waals surface area contributed by atoms with Crippen LogP contribution in [0.1, 0.15) is 19.8 Å². The van der Waals surface area contributed by atoms with Gasteiger partial charge in [0, 0.05) is 18.8 Å². The molecule has 0 unspecified atom stereocenters. The Kier molecular flexibility index (Phi) is 2.72. The topological polar surface area (TPSA) is 29.5 Å². The van der Waals surface area contributed by atoms with E-state index in [1.807, 2.05) is 12.2 Å². The van der Waals surface area contributed by atoms with Crippen LogP contribution in [0.2, 0.25) is 0 Å². The first-order valence-electron chi connectivity index (χ1n) is 3.65. The molecule has 3 heteroatoms. The van der Waals surface area contributed by atoms with Crippen LogP contribution in [-0.4, -0.2) is 11.0 Å². The average molecular weight is 153 g/mol. The van der Waals surface area contributed by atoms with E-state index in [2.05, 4.69) is 0 Å². The summed E-state index contributed by atoms with van der Waals surface area (Å²) in [6, 6.07) is 0. The fourth-order valence-corrected chi connectivity index (χ4v) is 0.701. The van der Waals surface area contributed by atoms with Gasteiger partial charge in [-0.2, -0.15) is 5.06 Å². The molecule has 0 aromatic carbocycles. The Labute approximate surface area is 65.9 Å². The number of allylic oxidation sites excluding steroid dienone is 2. The van der Waals surface area contributed by atoms with Crippen LogP contribution < -0.4 is 0 Å². The van der Waals surface area contributed by atoms with Gasteiger partial charge >= 0.3 is 5.97 Å². The lowest BCUT2D eigenvalue weighted by Gasteiger charge is -2.15. The molecule has 3 nitrogen and oxygen atoms in total. The molecule has 0 saturated heterocycles. The van der Waals surface area contributed by atoms with Crippen LogP contribution in [-0.2, 0) is 9.63 Å². The Morgan fingerprint density at radius 3 is 2.73 bits per heavy atom. The Morgan fingerprint density at radius 1 is 1.55 bits per heavy atom. The molecule has 0 N–H and O–H groups in total. The Hall–Kier alpha value is -1.25. The summed E-state index contributed by atoms with van der Waals surface area (Å²) in [6.07, 6.45) is 8.60.